The normalized spacial score (nSPS) is 23.8. The molecule has 1 aromatic carbocycles. The average Bonchev–Trinajstić information content (AvgIpc) is 3.14. The summed E-state index contributed by atoms with van der Waals surface area (Å²) in [6.45, 7) is 0.190. The molecular weight excluding hydrogens is 254 g/mol. The first-order valence-corrected chi connectivity index (χ1v) is 7.31. The molecule has 1 aliphatic carbocycles. The van der Waals surface area contributed by atoms with Crippen LogP contribution in [0, 0.1) is 11.3 Å². The zero-order valence-corrected chi connectivity index (χ0v) is 11.5. The highest BCUT2D eigenvalue weighted by atomic mass is 16.5. The largest absolute Gasteiger partial charge is 0.490 e. The van der Waals surface area contributed by atoms with Crippen molar-refractivity contribution >= 4 is 5.97 Å². The minimum atomic E-state index is -0.826. The van der Waals surface area contributed by atoms with E-state index in [4.69, 9.17) is 10.5 Å². The summed E-state index contributed by atoms with van der Waals surface area (Å²) in [4.78, 5) is 11.7. The van der Waals surface area contributed by atoms with E-state index in [1.807, 2.05) is 24.3 Å². The minimum absolute atomic E-state index is 0.0641. The van der Waals surface area contributed by atoms with Crippen molar-refractivity contribution < 1.29 is 14.6 Å². The van der Waals surface area contributed by atoms with Crippen molar-refractivity contribution in [3.63, 3.8) is 0 Å². The van der Waals surface area contributed by atoms with Crippen molar-refractivity contribution in [2.45, 2.75) is 38.2 Å². The highest BCUT2D eigenvalue weighted by Gasteiger charge is 2.45. The molecule has 1 aromatic rings. The molecule has 1 aliphatic heterocycles. The van der Waals surface area contributed by atoms with Crippen LogP contribution in [0.2, 0.25) is 0 Å². The third-order valence-corrected chi connectivity index (χ3v) is 4.55. The second kappa shape index (κ2) is 5.09. The summed E-state index contributed by atoms with van der Waals surface area (Å²) < 4.78 is 5.90. The molecule has 1 fully saturated rings. The highest BCUT2D eigenvalue weighted by Crippen LogP contribution is 2.44. The molecule has 0 saturated heterocycles. The van der Waals surface area contributed by atoms with Gasteiger partial charge in [-0.3, -0.25) is 4.79 Å². The Kier molecular flexibility index (Phi) is 3.42. The molecule has 2 atom stereocenters. The second-order valence-corrected chi connectivity index (χ2v) is 6.19. The number of hydrogen-bond acceptors (Lipinski definition) is 3. The Labute approximate surface area is 118 Å². The van der Waals surface area contributed by atoms with Crippen LogP contribution in [0.15, 0.2) is 24.3 Å². The maximum atomic E-state index is 11.7. The number of carboxylic acid groups (broad SMARTS) is 1. The first-order chi connectivity index (χ1) is 9.63. The third-order valence-electron chi connectivity index (χ3n) is 4.55. The quantitative estimate of drug-likeness (QED) is 0.835. The average molecular weight is 275 g/mol. The van der Waals surface area contributed by atoms with E-state index in [1.54, 1.807) is 0 Å². The number of nitrogens with two attached hydrogens (primary N) is 1. The third kappa shape index (κ3) is 2.52. The van der Waals surface area contributed by atoms with E-state index in [0.29, 0.717) is 18.8 Å². The maximum Gasteiger partial charge on any atom is 0.311 e. The molecule has 4 nitrogen and oxygen atoms in total. The molecule has 0 spiro atoms. The number of hydrogen-bond donors (Lipinski definition) is 2. The van der Waals surface area contributed by atoms with Crippen LogP contribution >= 0.6 is 0 Å². The summed E-state index contributed by atoms with van der Waals surface area (Å²) in [6.07, 6.45) is 4.20. The number of aliphatic carboxylic acids is 1. The number of carbonyl (C=O) groups is 1. The van der Waals surface area contributed by atoms with E-state index in [-0.39, 0.29) is 12.6 Å². The summed E-state index contributed by atoms with van der Waals surface area (Å²) in [5.74, 6) is 0.658. The lowest BCUT2D eigenvalue weighted by Gasteiger charge is -2.30. The molecule has 108 valence electrons. The molecule has 0 aromatic heterocycles. The van der Waals surface area contributed by atoms with Crippen LogP contribution in [0.4, 0.5) is 0 Å². The van der Waals surface area contributed by atoms with Crippen molar-refractivity contribution in [3.8, 4) is 5.75 Å². The SMILES string of the molecule is NCC(CC1CC1)(CC1Cc2ccccc2O1)C(=O)O. The number of para-hydroxylation sites is 1. The van der Waals surface area contributed by atoms with Crippen molar-refractivity contribution in [1.82, 2.24) is 0 Å². The lowest BCUT2D eigenvalue weighted by molar-refractivity contribution is -0.150. The van der Waals surface area contributed by atoms with Gasteiger partial charge in [-0.1, -0.05) is 31.0 Å². The van der Waals surface area contributed by atoms with Crippen molar-refractivity contribution in [2.75, 3.05) is 6.54 Å². The van der Waals surface area contributed by atoms with Crippen LogP contribution in [0.3, 0.4) is 0 Å². The lowest BCUT2D eigenvalue weighted by atomic mass is 9.77. The monoisotopic (exact) mass is 275 g/mol. The summed E-state index contributed by atoms with van der Waals surface area (Å²) in [7, 11) is 0. The molecule has 3 rings (SSSR count). The van der Waals surface area contributed by atoms with E-state index >= 15 is 0 Å². The summed E-state index contributed by atoms with van der Waals surface area (Å²) in [5.41, 5.74) is 6.17. The van der Waals surface area contributed by atoms with Crippen LogP contribution in [-0.4, -0.2) is 23.7 Å². The van der Waals surface area contributed by atoms with Crippen LogP contribution in [0.5, 0.6) is 5.75 Å². The van der Waals surface area contributed by atoms with E-state index in [9.17, 15) is 9.90 Å². The van der Waals surface area contributed by atoms with Gasteiger partial charge in [-0.2, -0.15) is 0 Å². The fraction of sp³-hybridized carbons (Fsp3) is 0.562. The Hall–Kier alpha value is -1.55. The molecule has 2 unspecified atom stereocenters. The van der Waals surface area contributed by atoms with Crippen molar-refractivity contribution in [3.05, 3.63) is 29.8 Å². The smallest absolute Gasteiger partial charge is 0.311 e. The molecule has 0 radical (unpaired) electrons. The molecular formula is C16H21NO3. The van der Waals surface area contributed by atoms with Gasteiger partial charge >= 0.3 is 5.97 Å². The molecule has 20 heavy (non-hydrogen) atoms. The fourth-order valence-corrected chi connectivity index (χ4v) is 3.19. The van der Waals surface area contributed by atoms with Gasteiger partial charge in [0.2, 0.25) is 0 Å². The molecule has 4 heteroatoms. The summed E-state index contributed by atoms with van der Waals surface area (Å²) >= 11 is 0. The van der Waals surface area contributed by atoms with Crippen LogP contribution in [-0.2, 0) is 11.2 Å². The Bertz CT molecular complexity index is 487. The first-order valence-electron chi connectivity index (χ1n) is 7.31. The number of carboxylic acids is 1. The van der Waals surface area contributed by atoms with Gasteiger partial charge in [-0.05, 0) is 24.0 Å². The zero-order valence-electron chi connectivity index (χ0n) is 11.5. The van der Waals surface area contributed by atoms with Gasteiger partial charge in [0.15, 0.2) is 0 Å². The van der Waals surface area contributed by atoms with Crippen LogP contribution in [0.1, 0.15) is 31.2 Å². The number of benzene rings is 1. The summed E-state index contributed by atoms with van der Waals surface area (Å²) in [6, 6.07) is 7.92. The second-order valence-electron chi connectivity index (χ2n) is 6.19. The van der Waals surface area contributed by atoms with Gasteiger partial charge in [0.25, 0.3) is 0 Å². The van der Waals surface area contributed by atoms with Gasteiger partial charge in [0.1, 0.15) is 11.9 Å². The highest BCUT2D eigenvalue weighted by molar-refractivity contribution is 5.75. The Morgan fingerprint density at radius 3 is 2.70 bits per heavy atom. The van der Waals surface area contributed by atoms with Crippen LogP contribution in [0.25, 0.3) is 0 Å². The van der Waals surface area contributed by atoms with Crippen LogP contribution < -0.4 is 10.5 Å². The molecule has 1 saturated carbocycles. The van der Waals surface area contributed by atoms with Crippen molar-refractivity contribution in [2.24, 2.45) is 17.1 Å². The number of ether oxygens (including phenoxy) is 1. The molecule has 3 N–H and O–H groups in total. The fourth-order valence-electron chi connectivity index (χ4n) is 3.19. The van der Waals surface area contributed by atoms with Gasteiger partial charge in [0.05, 0.1) is 5.41 Å². The van der Waals surface area contributed by atoms with Crippen molar-refractivity contribution in [1.29, 1.82) is 0 Å². The van der Waals surface area contributed by atoms with Gasteiger partial charge in [-0.15, -0.1) is 0 Å². The van der Waals surface area contributed by atoms with Gasteiger partial charge in [0, 0.05) is 19.4 Å². The molecule has 0 amide bonds. The Morgan fingerprint density at radius 1 is 1.35 bits per heavy atom. The summed E-state index contributed by atoms with van der Waals surface area (Å²) in [5, 5.41) is 9.64. The maximum absolute atomic E-state index is 11.7. The van der Waals surface area contributed by atoms with Gasteiger partial charge in [-0.25, -0.2) is 0 Å². The minimum Gasteiger partial charge on any atom is -0.490 e. The number of fused-ring (bicyclic) bond motifs is 1. The molecule has 1 heterocycles. The van der Waals surface area contributed by atoms with Gasteiger partial charge < -0.3 is 15.6 Å². The zero-order chi connectivity index (χ0) is 14.2. The first kappa shape index (κ1) is 13.4. The lowest BCUT2D eigenvalue weighted by Crippen LogP contribution is -2.42. The van der Waals surface area contributed by atoms with E-state index in [2.05, 4.69) is 0 Å². The molecule has 0 bridgehead atoms. The van der Waals surface area contributed by atoms with E-state index in [1.165, 1.54) is 5.56 Å². The Morgan fingerprint density at radius 2 is 2.10 bits per heavy atom. The predicted octanol–water partition coefficient (Wildman–Crippen LogP) is 2.21. The standard InChI is InChI=1S/C16H21NO3/c17-10-16(15(18)19,8-11-5-6-11)9-13-7-12-3-1-2-4-14(12)20-13/h1-4,11,13H,5-10,17H2,(H,18,19). The topological polar surface area (TPSA) is 72.5 Å². The van der Waals surface area contributed by atoms with E-state index in [0.717, 1.165) is 25.0 Å². The predicted molar refractivity (Wildman–Crippen MR) is 75.6 cm³/mol. The molecule has 2 aliphatic rings. The van der Waals surface area contributed by atoms with E-state index < -0.39 is 11.4 Å². The number of rotatable bonds is 6. The Balaban J connectivity index is 1.73.